The van der Waals surface area contributed by atoms with Gasteiger partial charge in [-0.25, -0.2) is 4.39 Å². The van der Waals surface area contributed by atoms with Gasteiger partial charge >= 0.3 is 0 Å². The number of hydrogen-bond donors (Lipinski definition) is 1. The van der Waals surface area contributed by atoms with Crippen LogP contribution in [0.2, 0.25) is 5.02 Å². The predicted octanol–water partition coefficient (Wildman–Crippen LogP) is 4.69. The largest absolute Gasteiger partial charge is 0.455 e. The van der Waals surface area contributed by atoms with Gasteiger partial charge in [-0.05, 0) is 43.3 Å². The van der Waals surface area contributed by atoms with Crippen molar-refractivity contribution in [3.63, 3.8) is 0 Å². The fraction of sp³-hybridized carbons (Fsp3) is 0.250. The topological polar surface area (TPSA) is 21.3 Å². The first-order chi connectivity index (χ1) is 9.61. The summed E-state index contributed by atoms with van der Waals surface area (Å²) in [6.07, 6.45) is 0. The SMILES string of the molecule is CCNCc1c(F)cccc1Oc1ccc(C)cc1Cl. The molecule has 0 aliphatic heterocycles. The van der Waals surface area contributed by atoms with E-state index in [2.05, 4.69) is 5.32 Å². The predicted molar refractivity (Wildman–Crippen MR) is 80.0 cm³/mol. The Kier molecular flexibility index (Phi) is 4.99. The molecule has 0 radical (unpaired) electrons. The minimum Gasteiger partial charge on any atom is -0.455 e. The molecular formula is C16H17ClFNO. The van der Waals surface area contributed by atoms with Gasteiger partial charge in [0, 0.05) is 12.1 Å². The van der Waals surface area contributed by atoms with E-state index in [1.54, 1.807) is 18.2 Å². The maximum absolute atomic E-state index is 13.9. The van der Waals surface area contributed by atoms with Crippen molar-refractivity contribution in [3.8, 4) is 11.5 Å². The highest BCUT2D eigenvalue weighted by Gasteiger charge is 2.11. The molecule has 0 spiro atoms. The Bertz CT molecular complexity index is 601. The normalized spacial score (nSPS) is 10.6. The molecule has 2 rings (SSSR count). The van der Waals surface area contributed by atoms with Gasteiger partial charge in [0.1, 0.15) is 17.3 Å². The lowest BCUT2D eigenvalue weighted by Crippen LogP contribution is -2.13. The lowest BCUT2D eigenvalue weighted by atomic mass is 10.2. The van der Waals surface area contributed by atoms with Crippen LogP contribution in [0.1, 0.15) is 18.1 Å². The molecule has 20 heavy (non-hydrogen) atoms. The molecule has 2 aromatic rings. The smallest absolute Gasteiger partial charge is 0.146 e. The average molecular weight is 294 g/mol. The number of halogens is 2. The van der Waals surface area contributed by atoms with Crippen LogP contribution in [0.4, 0.5) is 4.39 Å². The maximum Gasteiger partial charge on any atom is 0.146 e. The van der Waals surface area contributed by atoms with Gasteiger partial charge in [-0.3, -0.25) is 0 Å². The molecule has 0 aromatic heterocycles. The Morgan fingerprint density at radius 2 is 2.00 bits per heavy atom. The number of ether oxygens (including phenoxy) is 1. The Labute approximate surface area is 123 Å². The van der Waals surface area contributed by atoms with Crippen LogP contribution < -0.4 is 10.1 Å². The molecule has 0 fully saturated rings. The van der Waals surface area contributed by atoms with Crippen LogP contribution in [0.25, 0.3) is 0 Å². The number of benzene rings is 2. The minimum absolute atomic E-state index is 0.285. The lowest BCUT2D eigenvalue weighted by Gasteiger charge is -2.13. The molecule has 0 bridgehead atoms. The summed E-state index contributed by atoms with van der Waals surface area (Å²) in [7, 11) is 0. The van der Waals surface area contributed by atoms with Crippen molar-refractivity contribution in [1.82, 2.24) is 5.32 Å². The van der Waals surface area contributed by atoms with E-state index in [1.807, 2.05) is 26.0 Å². The fourth-order valence-electron chi connectivity index (χ4n) is 1.86. The van der Waals surface area contributed by atoms with Gasteiger partial charge in [0.15, 0.2) is 0 Å². The molecule has 0 atom stereocenters. The molecule has 0 heterocycles. The molecule has 1 N–H and O–H groups in total. The third-order valence-corrected chi connectivity index (χ3v) is 3.23. The van der Waals surface area contributed by atoms with Crippen LogP contribution in [-0.2, 0) is 6.54 Å². The second-order valence-corrected chi connectivity index (χ2v) is 4.94. The van der Waals surface area contributed by atoms with Gasteiger partial charge in [0.2, 0.25) is 0 Å². The number of aryl methyl sites for hydroxylation is 1. The quantitative estimate of drug-likeness (QED) is 0.863. The highest BCUT2D eigenvalue weighted by molar-refractivity contribution is 6.32. The van der Waals surface area contributed by atoms with Gasteiger partial charge in [-0.1, -0.05) is 30.7 Å². The van der Waals surface area contributed by atoms with E-state index in [0.717, 1.165) is 12.1 Å². The summed E-state index contributed by atoms with van der Waals surface area (Å²) in [6.45, 7) is 5.10. The van der Waals surface area contributed by atoms with E-state index in [1.165, 1.54) is 6.07 Å². The van der Waals surface area contributed by atoms with E-state index in [4.69, 9.17) is 16.3 Å². The Morgan fingerprint density at radius 1 is 1.20 bits per heavy atom. The van der Waals surface area contributed by atoms with E-state index in [-0.39, 0.29) is 5.82 Å². The molecular weight excluding hydrogens is 277 g/mol. The van der Waals surface area contributed by atoms with E-state index < -0.39 is 0 Å². The molecule has 0 aliphatic carbocycles. The molecule has 2 nitrogen and oxygen atoms in total. The summed E-state index contributed by atoms with van der Waals surface area (Å²) in [5, 5.41) is 3.62. The highest BCUT2D eigenvalue weighted by Crippen LogP contribution is 2.32. The molecule has 0 saturated carbocycles. The van der Waals surface area contributed by atoms with Crippen molar-refractivity contribution >= 4 is 11.6 Å². The van der Waals surface area contributed by atoms with Crippen molar-refractivity contribution in [3.05, 3.63) is 58.4 Å². The lowest BCUT2D eigenvalue weighted by molar-refractivity contribution is 0.463. The molecule has 4 heteroatoms. The minimum atomic E-state index is -0.285. The third-order valence-electron chi connectivity index (χ3n) is 2.93. The molecule has 0 amide bonds. The Hall–Kier alpha value is -1.58. The van der Waals surface area contributed by atoms with Crippen molar-refractivity contribution in [2.75, 3.05) is 6.54 Å². The first-order valence-electron chi connectivity index (χ1n) is 6.54. The van der Waals surface area contributed by atoms with Crippen LogP contribution >= 0.6 is 11.6 Å². The zero-order valence-corrected chi connectivity index (χ0v) is 12.3. The van der Waals surface area contributed by atoms with Crippen molar-refractivity contribution in [1.29, 1.82) is 0 Å². The number of nitrogens with one attached hydrogen (secondary N) is 1. The maximum atomic E-state index is 13.9. The van der Waals surface area contributed by atoms with Crippen LogP contribution in [0, 0.1) is 12.7 Å². The van der Waals surface area contributed by atoms with Crippen molar-refractivity contribution < 1.29 is 9.13 Å². The Morgan fingerprint density at radius 3 is 2.70 bits per heavy atom. The number of rotatable bonds is 5. The van der Waals surface area contributed by atoms with Gasteiger partial charge < -0.3 is 10.1 Å². The van der Waals surface area contributed by atoms with Crippen molar-refractivity contribution in [2.45, 2.75) is 20.4 Å². The summed E-state index contributed by atoms with van der Waals surface area (Å²) in [4.78, 5) is 0. The molecule has 0 saturated heterocycles. The standard InChI is InChI=1S/C16H17ClFNO/c1-3-19-10-12-14(18)5-4-6-15(12)20-16-8-7-11(2)9-13(16)17/h4-9,19H,3,10H2,1-2H3. The van der Waals surface area contributed by atoms with E-state index in [9.17, 15) is 4.39 Å². The first-order valence-corrected chi connectivity index (χ1v) is 6.91. The molecule has 0 aliphatic rings. The Balaban J connectivity index is 2.30. The molecule has 2 aromatic carbocycles. The second-order valence-electron chi connectivity index (χ2n) is 4.53. The summed E-state index contributed by atoms with van der Waals surface area (Å²) in [5.41, 5.74) is 1.56. The van der Waals surface area contributed by atoms with Crippen LogP contribution in [0.15, 0.2) is 36.4 Å². The highest BCUT2D eigenvalue weighted by atomic mass is 35.5. The summed E-state index contributed by atoms with van der Waals surface area (Å²) in [5.74, 6) is 0.726. The fourth-order valence-corrected chi connectivity index (χ4v) is 2.14. The monoisotopic (exact) mass is 293 g/mol. The summed E-state index contributed by atoms with van der Waals surface area (Å²) in [6, 6.07) is 10.3. The zero-order chi connectivity index (χ0) is 14.5. The second kappa shape index (κ2) is 6.73. The number of hydrogen-bond acceptors (Lipinski definition) is 2. The van der Waals surface area contributed by atoms with E-state index >= 15 is 0 Å². The molecule has 106 valence electrons. The zero-order valence-electron chi connectivity index (χ0n) is 11.5. The van der Waals surface area contributed by atoms with Gasteiger partial charge in [0.05, 0.1) is 5.02 Å². The average Bonchev–Trinajstić information content (AvgIpc) is 2.41. The first kappa shape index (κ1) is 14.8. The van der Waals surface area contributed by atoms with Gasteiger partial charge in [-0.2, -0.15) is 0 Å². The third kappa shape index (κ3) is 3.50. The van der Waals surface area contributed by atoms with Crippen LogP contribution in [-0.4, -0.2) is 6.54 Å². The van der Waals surface area contributed by atoms with E-state index in [0.29, 0.717) is 28.6 Å². The van der Waals surface area contributed by atoms with Crippen LogP contribution in [0.3, 0.4) is 0 Å². The van der Waals surface area contributed by atoms with Crippen LogP contribution in [0.5, 0.6) is 11.5 Å². The van der Waals surface area contributed by atoms with Crippen molar-refractivity contribution in [2.24, 2.45) is 0 Å². The summed E-state index contributed by atoms with van der Waals surface area (Å²) >= 11 is 6.14. The van der Waals surface area contributed by atoms with Gasteiger partial charge in [-0.15, -0.1) is 0 Å². The van der Waals surface area contributed by atoms with Gasteiger partial charge in [0.25, 0.3) is 0 Å². The summed E-state index contributed by atoms with van der Waals surface area (Å²) < 4.78 is 19.6. The molecule has 0 unspecified atom stereocenters.